The van der Waals surface area contributed by atoms with E-state index in [9.17, 15) is 18.0 Å². The van der Waals surface area contributed by atoms with Crippen molar-refractivity contribution in [1.29, 1.82) is 0 Å². The first-order valence-electron chi connectivity index (χ1n) is 6.47. The van der Waals surface area contributed by atoms with Gasteiger partial charge in [0.1, 0.15) is 11.4 Å². The highest BCUT2D eigenvalue weighted by molar-refractivity contribution is 7.80. The van der Waals surface area contributed by atoms with Gasteiger partial charge in [-0.1, -0.05) is 12.1 Å². The lowest BCUT2D eigenvalue weighted by Gasteiger charge is -2.17. The molecule has 1 aromatic carbocycles. The molecule has 0 aliphatic carbocycles. The smallest absolute Gasteiger partial charge is 0.392 e. The summed E-state index contributed by atoms with van der Waals surface area (Å²) in [6.07, 6.45) is -4.80. The maximum absolute atomic E-state index is 12.3. The molecule has 1 fully saturated rings. The van der Waals surface area contributed by atoms with Crippen molar-refractivity contribution in [3.8, 4) is 5.75 Å². The highest BCUT2D eigenvalue weighted by atomic mass is 32.1. The van der Waals surface area contributed by atoms with E-state index in [1.165, 1.54) is 0 Å². The van der Waals surface area contributed by atoms with Gasteiger partial charge in [0.25, 0.3) is 5.91 Å². The number of nitrogens with zero attached hydrogens (tertiary/aromatic N) is 1. The second-order valence-electron chi connectivity index (χ2n) is 4.41. The number of allylic oxidation sites excluding steroid dienone is 1. The third-order valence-corrected chi connectivity index (χ3v) is 3.11. The fourth-order valence-corrected chi connectivity index (χ4v) is 2.22. The van der Waals surface area contributed by atoms with Crippen molar-refractivity contribution in [3.05, 3.63) is 36.0 Å². The van der Waals surface area contributed by atoms with Crippen LogP contribution in [0.2, 0.25) is 0 Å². The lowest BCUT2D eigenvalue weighted by molar-refractivity contribution is -0.125. The largest absolute Gasteiger partial charge is 0.492 e. The number of alkyl halides is 3. The number of halogens is 3. The summed E-state index contributed by atoms with van der Waals surface area (Å²) in [5.41, 5.74) is 0.205. The van der Waals surface area contributed by atoms with E-state index in [2.05, 4.69) is 5.32 Å². The van der Waals surface area contributed by atoms with Gasteiger partial charge in [-0.15, -0.1) is 0 Å². The van der Waals surface area contributed by atoms with Crippen LogP contribution in [0.3, 0.4) is 0 Å². The van der Waals surface area contributed by atoms with Gasteiger partial charge in [-0.25, -0.2) is 4.90 Å². The first-order valence-corrected chi connectivity index (χ1v) is 6.88. The van der Waals surface area contributed by atoms with Crippen LogP contribution in [0.15, 0.2) is 36.0 Å². The summed E-state index contributed by atoms with van der Waals surface area (Å²) in [6.45, 7) is 2.17. The number of rotatable bonds is 4. The molecule has 0 atom stereocenters. The van der Waals surface area contributed by atoms with E-state index in [-0.39, 0.29) is 10.8 Å². The Kier molecular flexibility index (Phi) is 4.70. The molecule has 1 saturated heterocycles. The van der Waals surface area contributed by atoms with E-state index in [1.54, 1.807) is 31.2 Å². The number of hydrogen-bond donors (Lipinski definition) is 1. The van der Waals surface area contributed by atoms with Crippen molar-refractivity contribution in [2.24, 2.45) is 0 Å². The molecule has 1 aliphatic heterocycles. The summed E-state index contributed by atoms with van der Waals surface area (Å²) in [5, 5.41) is 2.53. The zero-order chi connectivity index (χ0) is 16.3. The van der Waals surface area contributed by atoms with Gasteiger partial charge in [-0.05, 0) is 37.4 Å². The molecule has 1 amide bonds. The van der Waals surface area contributed by atoms with Crippen molar-refractivity contribution in [2.45, 2.75) is 19.5 Å². The fraction of sp³-hybridized carbons (Fsp3) is 0.286. The molecule has 4 nitrogen and oxygen atoms in total. The van der Waals surface area contributed by atoms with Gasteiger partial charge < -0.3 is 10.1 Å². The second kappa shape index (κ2) is 6.35. The van der Waals surface area contributed by atoms with E-state index in [0.29, 0.717) is 18.0 Å². The minimum Gasteiger partial charge on any atom is -0.492 e. The van der Waals surface area contributed by atoms with Gasteiger partial charge in [-0.3, -0.25) is 4.79 Å². The average molecular weight is 330 g/mol. The van der Waals surface area contributed by atoms with Gasteiger partial charge in [-0.2, -0.15) is 13.2 Å². The second-order valence-corrected chi connectivity index (χ2v) is 4.80. The Morgan fingerprint density at radius 2 is 2.05 bits per heavy atom. The molecule has 8 heteroatoms. The van der Waals surface area contributed by atoms with Crippen LogP contribution in [0.1, 0.15) is 13.3 Å². The summed E-state index contributed by atoms with van der Waals surface area (Å²) in [6, 6.07) is 6.69. The summed E-state index contributed by atoms with van der Waals surface area (Å²) in [4.78, 5) is 13.4. The lowest BCUT2D eigenvalue weighted by atomic mass is 10.2. The maximum atomic E-state index is 12.3. The van der Waals surface area contributed by atoms with Crippen molar-refractivity contribution in [3.63, 3.8) is 0 Å². The molecule has 118 valence electrons. The Balaban J connectivity index is 2.30. The molecule has 0 spiro atoms. The third-order valence-electron chi connectivity index (χ3n) is 2.82. The van der Waals surface area contributed by atoms with Gasteiger partial charge >= 0.3 is 6.18 Å². The first kappa shape index (κ1) is 16.3. The Bertz CT molecular complexity index is 629. The Morgan fingerprint density at radius 3 is 2.68 bits per heavy atom. The van der Waals surface area contributed by atoms with Gasteiger partial charge in [0.2, 0.25) is 0 Å². The van der Waals surface area contributed by atoms with Crippen LogP contribution in [0.5, 0.6) is 5.75 Å². The highest BCUT2D eigenvalue weighted by Gasteiger charge is 2.35. The highest BCUT2D eigenvalue weighted by Crippen LogP contribution is 2.31. The number of nitrogens with one attached hydrogen (secondary N) is 1. The number of ether oxygens (including phenoxy) is 1. The predicted octanol–water partition coefficient (Wildman–Crippen LogP) is 3.14. The Labute approximate surface area is 130 Å². The monoisotopic (exact) mass is 330 g/mol. The van der Waals surface area contributed by atoms with Crippen LogP contribution in [0.25, 0.3) is 0 Å². The molecule has 0 radical (unpaired) electrons. The van der Waals surface area contributed by atoms with Crippen LogP contribution in [-0.2, 0) is 4.79 Å². The number of anilines is 1. The normalized spacial score (nSPS) is 17.1. The van der Waals surface area contributed by atoms with E-state index in [4.69, 9.17) is 17.0 Å². The van der Waals surface area contributed by atoms with Crippen LogP contribution in [-0.4, -0.2) is 23.8 Å². The Morgan fingerprint density at radius 1 is 1.36 bits per heavy atom. The van der Waals surface area contributed by atoms with Crippen molar-refractivity contribution >= 4 is 28.9 Å². The van der Waals surface area contributed by atoms with Crippen LogP contribution in [0, 0.1) is 0 Å². The summed E-state index contributed by atoms with van der Waals surface area (Å²) >= 11 is 5.04. The minimum absolute atomic E-state index is 0.0191. The molecule has 0 aromatic heterocycles. The van der Waals surface area contributed by atoms with Crippen molar-refractivity contribution < 1.29 is 22.7 Å². The number of carbonyl (C=O) groups is 1. The van der Waals surface area contributed by atoms with E-state index in [1.807, 2.05) is 0 Å². The molecule has 1 heterocycles. The molecular formula is C14H13F3N2O2S. The number of hydrogen-bond acceptors (Lipinski definition) is 3. The van der Waals surface area contributed by atoms with Gasteiger partial charge in [0.05, 0.1) is 18.7 Å². The topological polar surface area (TPSA) is 41.6 Å². The zero-order valence-corrected chi connectivity index (χ0v) is 12.4. The quantitative estimate of drug-likeness (QED) is 0.680. The molecule has 0 bridgehead atoms. The Hall–Kier alpha value is -2.09. The van der Waals surface area contributed by atoms with Crippen molar-refractivity contribution in [1.82, 2.24) is 5.32 Å². The number of para-hydroxylation sites is 2. The molecule has 2 rings (SSSR count). The minimum atomic E-state index is -4.38. The predicted molar refractivity (Wildman–Crippen MR) is 79.6 cm³/mol. The lowest BCUT2D eigenvalue weighted by Crippen LogP contribution is -2.30. The van der Waals surface area contributed by atoms with Crippen LogP contribution < -0.4 is 15.0 Å². The molecule has 1 aliphatic rings. The molecule has 22 heavy (non-hydrogen) atoms. The number of carbonyl (C=O) groups excluding carboxylic acids is 1. The maximum Gasteiger partial charge on any atom is 0.392 e. The molecule has 1 aromatic rings. The number of thiocarbonyl (C=S) groups is 1. The molecule has 0 unspecified atom stereocenters. The fourth-order valence-electron chi connectivity index (χ4n) is 1.93. The van der Waals surface area contributed by atoms with Crippen LogP contribution >= 0.6 is 12.2 Å². The summed E-state index contributed by atoms with van der Waals surface area (Å²) < 4.78 is 42.2. The van der Waals surface area contributed by atoms with E-state index < -0.39 is 18.5 Å². The zero-order valence-electron chi connectivity index (χ0n) is 11.6. The SMILES string of the molecule is CCOc1ccccc1N1C(=O)/C(=C\CC(F)(F)F)NC1=S. The summed E-state index contributed by atoms with van der Waals surface area (Å²) in [5.74, 6) is -0.207. The average Bonchev–Trinajstić information content (AvgIpc) is 2.72. The molecule has 1 N–H and O–H groups in total. The van der Waals surface area contributed by atoms with E-state index >= 15 is 0 Å². The molecule has 0 saturated carbocycles. The molecular weight excluding hydrogens is 317 g/mol. The van der Waals surface area contributed by atoms with Crippen molar-refractivity contribution in [2.75, 3.05) is 11.5 Å². The third kappa shape index (κ3) is 3.56. The van der Waals surface area contributed by atoms with Gasteiger partial charge in [0.15, 0.2) is 5.11 Å². The first-order chi connectivity index (χ1) is 10.3. The van der Waals surface area contributed by atoms with Gasteiger partial charge in [0, 0.05) is 0 Å². The summed E-state index contributed by atoms with van der Waals surface area (Å²) in [7, 11) is 0. The standard InChI is InChI=1S/C14H13F3N2O2S/c1-2-21-11-6-4-3-5-10(11)19-12(20)9(18-13(19)22)7-8-14(15,16)17/h3-7H,2,8H2,1H3,(H,18,22)/b9-7+. The van der Waals surface area contributed by atoms with E-state index in [0.717, 1.165) is 11.0 Å². The number of benzene rings is 1. The number of amides is 1. The van der Waals surface area contributed by atoms with Crippen LogP contribution in [0.4, 0.5) is 18.9 Å².